The molecule has 13 heteroatoms. The largest absolute Gasteiger partial charge is 0.464 e. The van der Waals surface area contributed by atoms with Gasteiger partial charge >= 0.3 is 12.0 Å². The third-order valence-electron chi connectivity index (χ3n) is 6.37. The molecule has 13 nitrogen and oxygen atoms in total. The SMILES string of the molecule is CCOC(=O)C(CNC(=O)NC1CCN(c2ccc(C(=N)N)cc2)C1=O)NC(=O)C1Nc2ccccc2C1=O. The highest BCUT2D eigenvalue weighted by Crippen LogP contribution is 2.25. The maximum Gasteiger partial charge on any atom is 0.330 e. The summed E-state index contributed by atoms with van der Waals surface area (Å²) in [5.41, 5.74) is 7.48. The summed E-state index contributed by atoms with van der Waals surface area (Å²) in [6.45, 7) is 1.68. The van der Waals surface area contributed by atoms with Crippen LogP contribution in [0.1, 0.15) is 29.3 Å². The van der Waals surface area contributed by atoms with Crippen LogP contribution >= 0.6 is 0 Å². The summed E-state index contributed by atoms with van der Waals surface area (Å²) in [7, 11) is 0. The predicted octanol–water partition coefficient (Wildman–Crippen LogP) is 0.100. The van der Waals surface area contributed by atoms with E-state index in [4.69, 9.17) is 15.9 Å². The lowest BCUT2D eigenvalue weighted by Crippen LogP contribution is -2.55. The van der Waals surface area contributed by atoms with Gasteiger partial charge in [0.2, 0.25) is 5.91 Å². The molecule has 39 heavy (non-hydrogen) atoms. The van der Waals surface area contributed by atoms with Crippen molar-refractivity contribution in [3.8, 4) is 0 Å². The van der Waals surface area contributed by atoms with E-state index in [1.807, 2.05) is 0 Å². The van der Waals surface area contributed by atoms with Crippen LogP contribution in [0.15, 0.2) is 48.5 Å². The lowest BCUT2D eigenvalue weighted by atomic mass is 10.1. The number of Topliss-reactive ketones (excluding diaryl/α,β-unsaturated/α-hetero) is 1. The van der Waals surface area contributed by atoms with E-state index in [9.17, 15) is 24.0 Å². The average molecular weight is 536 g/mol. The van der Waals surface area contributed by atoms with Gasteiger partial charge in [-0.2, -0.15) is 0 Å². The molecule has 4 rings (SSSR count). The van der Waals surface area contributed by atoms with E-state index in [1.165, 1.54) is 4.90 Å². The molecule has 0 saturated carbocycles. The minimum atomic E-state index is -1.27. The van der Waals surface area contributed by atoms with Crippen LogP contribution < -0.4 is 31.9 Å². The van der Waals surface area contributed by atoms with Gasteiger partial charge in [-0.25, -0.2) is 9.59 Å². The Labute approximate surface area is 223 Å². The van der Waals surface area contributed by atoms with Crippen molar-refractivity contribution in [2.45, 2.75) is 31.5 Å². The van der Waals surface area contributed by atoms with Crippen LogP contribution in [0.4, 0.5) is 16.2 Å². The van der Waals surface area contributed by atoms with Crippen LogP contribution in [0.25, 0.3) is 0 Å². The number of urea groups is 1. The Kier molecular flexibility index (Phi) is 8.08. The number of hydrogen-bond acceptors (Lipinski definition) is 8. The topological polar surface area (TPSA) is 196 Å². The van der Waals surface area contributed by atoms with Crippen LogP contribution in [-0.4, -0.2) is 73.3 Å². The number of ketones is 1. The Hall–Kier alpha value is -4.94. The molecule has 0 spiro atoms. The average Bonchev–Trinajstić information content (AvgIpc) is 3.46. The standard InChI is InChI=1S/C26H29N7O6/c1-2-39-25(37)19(31-23(35)20-21(34)16-5-3-4-6-17(16)30-20)13-29-26(38)32-18-11-12-33(24(18)36)15-9-7-14(8-10-15)22(27)28/h3-10,18-20,30H,2,11-13H2,1H3,(H3,27,28)(H,31,35)(H2,29,32,38). The summed E-state index contributed by atoms with van der Waals surface area (Å²) in [4.78, 5) is 64.9. The number of carbonyl (C=O) groups is 5. The number of para-hydroxylation sites is 1. The quantitative estimate of drug-likeness (QED) is 0.112. The summed E-state index contributed by atoms with van der Waals surface area (Å²) in [6.07, 6.45) is 0.356. The Morgan fingerprint density at radius 1 is 1.15 bits per heavy atom. The summed E-state index contributed by atoms with van der Waals surface area (Å²) >= 11 is 0. The number of anilines is 2. The zero-order chi connectivity index (χ0) is 28.1. The number of ether oxygens (including phenoxy) is 1. The number of nitrogens with two attached hydrogens (primary N) is 1. The zero-order valence-electron chi connectivity index (χ0n) is 21.2. The summed E-state index contributed by atoms with van der Waals surface area (Å²) in [5.74, 6) is -2.36. The van der Waals surface area contributed by atoms with E-state index in [0.717, 1.165) is 0 Å². The molecule has 1 fully saturated rings. The van der Waals surface area contributed by atoms with Gasteiger partial charge in [0, 0.05) is 29.0 Å². The predicted molar refractivity (Wildman–Crippen MR) is 141 cm³/mol. The van der Waals surface area contributed by atoms with Gasteiger partial charge in [0.25, 0.3) is 5.91 Å². The first-order valence-corrected chi connectivity index (χ1v) is 12.4. The highest BCUT2D eigenvalue weighted by atomic mass is 16.5. The van der Waals surface area contributed by atoms with E-state index in [-0.39, 0.29) is 24.9 Å². The summed E-state index contributed by atoms with van der Waals surface area (Å²) < 4.78 is 5.01. The molecule has 0 aliphatic carbocycles. The molecule has 0 bridgehead atoms. The molecule has 2 aliphatic rings. The molecule has 204 valence electrons. The first kappa shape index (κ1) is 27.1. The van der Waals surface area contributed by atoms with Gasteiger partial charge in [-0.1, -0.05) is 12.1 Å². The van der Waals surface area contributed by atoms with Gasteiger partial charge in [0.15, 0.2) is 11.8 Å². The van der Waals surface area contributed by atoms with Gasteiger partial charge in [0.1, 0.15) is 17.9 Å². The van der Waals surface area contributed by atoms with E-state index < -0.39 is 41.8 Å². The molecule has 2 heterocycles. The molecule has 4 amide bonds. The second-order valence-electron chi connectivity index (χ2n) is 8.95. The van der Waals surface area contributed by atoms with Gasteiger partial charge < -0.3 is 36.6 Å². The first-order valence-electron chi connectivity index (χ1n) is 12.4. The fraction of sp³-hybridized carbons (Fsp3) is 0.308. The molecular weight excluding hydrogens is 506 g/mol. The molecule has 3 atom stereocenters. The van der Waals surface area contributed by atoms with E-state index in [2.05, 4.69) is 21.3 Å². The van der Waals surface area contributed by atoms with Crippen LogP contribution in [0.3, 0.4) is 0 Å². The van der Waals surface area contributed by atoms with E-state index >= 15 is 0 Å². The summed E-state index contributed by atoms with van der Waals surface area (Å²) in [5, 5.41) is 17.8. The monoisotopic (exact) mass is 535 g/mol. The fourth-order valence-electron chi connectivity index (χ4n) is 4.37. The lowest BCUT2D eigenvalue weighted by molar-refractivity contribution is -0.147. The van der Waals surface area contributed by atoms with Crippen molar-refractivity contribution in [2.75, 3.05) is 29.9 Å². The molecule has 3 unspecified atom stereocenters. The van der Waals surface area contributed by atoms with Crippen molar-refractivity contribution in [2.24, 2.45) is 5.73 Å². The second kappa shape index (κ2) is 11.6. The highest BCUT2D eigenvalue weighted by molar-refractivity contribution is 6.21. The number of hydrogen-bond donors (Lipinski definition) is 6. The normalized spacial score (nSPS) is 18.5. The number of nitrogen functional groups attached to an aromatic ring is 1. The number of carbonyl (C=O) groups excluding carboxylic acids is 5. The number of nitrogens with zero attached hydrogens (tertiary/aromatic N) is 1. The number of esters is 1. The Bertz CT molecular complexity index is 1310. The van der Waals surface area contributed by atoms with E-state index in [1.54, 1.807) is 55.5 Å². The Balaban J connectivity index is 1.32. The second-order valence-corrected chi connectivity index (χ2v) is 8.95. The Morgan fingerprint density at radius 3 is 2.54 bits per heavy atom. The zero-order valence-corrected chi connectivity index (χ0v) is 21.2. The molecule has 2 aromatic carbocycles. The molecule has 2 aliphatic heterocycles. The smallest absolute Gasteiger partial charge is 0.330 e. The van der Waals surface area contributed by atoms with Crippen LogP contribution in [0, 0.1) is 5.41 Å². The van der Waals surface area contributed by atoms with Gasteiger partial charge in [-0.15, -0.1) is 0 Å². The van der Waals surface area contributed by atoms with Crippen molar-refractivity contribution in [3.05, 3.63) is 59.7 Å². The van der Waals surface area contributed by atoms with Gasteiger partial charge in [0.05, 0.1) is 13.2 Å². The third-order valence-corrected chi connectivity index (χ3v) is 6.37. The van der Waals surface area contributed by atoms with Crippen molar-refractivity contribution < 1.29 is 28.7 Å². The molecule has 0 radical (unpaired) electrons. The minimum Gasteiger partial charge on any atom is -0.464 e. The maximum absolute atomic E-state index is 12.9. The maximum atomic E-state index is 12.9. The number of amides is 4. The molecule has 1 saturated heterocycles. The molecule has 2 aromatic rings. The van der Waals surface area contributed by atoms with Crippen LogP contribution in [0.2, 0.25) is 0 Å². The molecule has 0 aromatic heterocycles. The number of amidine groups is 1. The number of nitrogens with one attached hydrogen (secondary N) is 5. The summed E-state index contributed by atoms with van der Waals surface area (Å²) in [6, 6.07) is 9.28. The lowest BCUT2D eigenvalue weighted by Gasteiger charge is -2.21. The van der Waals surface area contributed by atoms with Gasteiger partial charge in [-0.3, -0.25) is 19.8 Å². The number of fused-ring (bicyclic) bond motifs is 1. The third kappa shape index (κ3) is 5.98. The van der Waals surface area contributed by atoms with Crippen LogP contribution in [-0.2, 0) is 19.1 Å². The first-order chi connectivity index (χ1) is 18.7. The fourth-order valence-corrected chi connectivity index (χ4v) is 4.37. The number of benzene rings is 2. The van der Waals surface area contributed by atoms with Crippen molar-refractivity contribution in [1.29, 1.82) is 5.41 Å². The minimum absolute atomic E-state index is 0.0449. The van der Waals surface area contributed by atoms with Crippen molar-refractivity contribution >= 4 is 46.8 Å². The Morgan fingerprint density at radius 2 is 1.87 bits per heavy atom. The highest BCUT2D eigenvalue weighted by Gasteiger charge is 2.38. The molecular formula is C26H29N7O6. The van der Waals surface area contributed by atoms with Crippen molar-refractivity contribution in [3.63, 3.8) is 0 Å². The molecule has 7 N–H and O–H groups in total. The van der Waals surface area contributed by atoms with Crippen LogP contribution in [0.5, 0.6) is 0 Å². The number of rotatable bonds is 9. The van der Waals surface area contributed by atoms with Gasteiger partial charge in [-0.05, 0) is 49.7 Å². The van der Waals surface area contributed by atoms with Crippen molar-refractivity contribution in [1.82, 2.24) is 16.0 Å². The van der Waals surface area contributed by atoms with E-state index in [0.29, 0.717) is 35.5 Å².